The summed E-state index contributed by atoms with van der Waals surface area (Å²) >= 11 is 0. The zero-order chi connectivity index (χ0) is 8.97. The minimum absolute atomic E-state index is 0.451. The Morgan fingerprint density at radius 2 is 2.33 bits per heavy atom. The van der Waals surface area contributed by atoms with E-state index in [4.69, 9.17) is 14.9 Å². The van der Waals surface area contributed by atoms with Crippen LogP contribution in [0.4, 0.5) is 0 Å². The molecule has 0 bridgehead atoms. The molecule has 0 radical (unpaired) electrons. The molecule has 0 unspecified atom stereocenters. The van der Waals surface area contributed by atoms with Gasteiger partial charge >= 0.3 is 0 Å². The van der Waals surface area contributed by atoms with Gasteiger partial charge in [0.2, 0.25) is 0 Å². The van der Waals surface area contributed by atoms with Gasteiger partial charge in [-0.3, -0.25) is 0 Å². The average Bonchev–Trinajstić information content (AvgIpc) is 2.43. The van der Waals surface area contributed by atoms with Crippen LogP contribution in [-0.2, 0) is 17.9 Å². The fourth-order valence-corrected chi connectivity index (χ4v) is 1.04. The molecule has 0 amide bonds. The summed E-state index contributed by atoms with van der Waals surface area (Å²) in [4.78, 5) is 0. The summed E-state index contributed by atoms with van der Waals surface area (Å²) in [5.74, 6) is 1.73. The Hall–Kier alpha value is -0.800. The third-order valence-corrected chi connectivity index (χ3v) is 1.73. The van der Waals surface area contributed by atoms with E-state index in [-0.39, 0.29) is 0 Å². The molecule has 0 aromatic carbocycles. The maximum atomic E-state index is 5.43. The molecule has 0 atom stereocenters. The van der Waals surface area contributed by atoms with Gasteiger partial charge < -0.3 is 14.9 Å². The van der Waals surface area contributed by atoms with Gasteiger partial charge in [-0.1, -0.05) is 0 Å². The number of aryl methyl sites for hydroxylation is 1. The first-order chi connectivity index (χ1) is 5.77. The van der Waals surface area contributed by atoms with Crippen molar-refractivity contribution in [2.24, 2.45) is 5.73 Å². The van der Waals surface area contributed by atoms with Crippen LogP contribution < -0.4 is 5.73 Å². The normalized spacial score (nSPS) is 10.6. The molecule has 1 rings (SSSR count). The van der Waals surface area contributed by atoms with E-state index in [1.807, 2.05) is 19.9 Å². The van der Waals surface area contributed by atoms with Crippen molar-refractivity contribution in [1.29, 1.82) is 0 Å². The summed E-state index contributed by atoms with van der Waals surface area (Å²) in [6.07, 6.45) is 0. The van der Waals surface area contributed by atoms with Gasteiger partial charge in [0.05, 0.1) is 13.2 Å². The van der Waals surface area contributed by atoms with Crippen LogP contribution in [0, 0.1) is 6.92 Å². The van der Waals surface area contributed by atoms with Crippen LogP contribution in [-0.4, -0.2) is 6.61 Å². The van der Waals surface area contributed by atoms with Crippen LogP contribution in [0.1, 0.15) is 24.0 Å². The molecule has 1 aromatic heterocycles. The van der Waals surface area contributed by atoms with E-state index in [0.717, 1.165) is 23.7 Å². The first-order valence-electron chi connectivity index (χ1n) is 4.14. The van der Waals surface area contributed by atoms with E-state index < -0.39 is 0 Å². The summed E-state index contributed by atoms with van der Waals surface area (Å²) < 4.78 is 10.6. The van der Waals surface area contributed by atoms with Crippen molar-refractivity contribution in [1.82, 2.24) is 0 Å². The lowest BCUT2D eigenvalue weighted by Crippen LogP contribution is -1.93. The maximum absolute atomic E-state index is 5.43. The van der Waals surface area contributed by atoms with E-state index in [0.29, 0.717) is 13.2 Å². The zero-order valence-corrected chi connectivity index (χ0v) is 7.59. The van der Waals surface area contributed by atoms with Crippen LogP contribution in [0.25, 0.3) is 0 Å². The van der Waals surface area contributed by atoms with Crippen molar-refractivity contribution in [2.75, 3.05) is 6.61 Å². The Labute approximate surface area is 72.5 Å². The standard InChI is InChI=1S/C9H15NO2/c1-3-11-6-8-4-9(5-10)12-7(8)2/h4H,3,5-6,10H2,1-2H3. The molecule has 2 N–H and O–H groups in total. The third kappa shape index (κ3) is 2.09. The third-order valence-electron chi connectivity index (χ3n) is 1.73. The van der Waals surface area contributed by atoms with Gasteiger partial charge in [0.15, 0.2) is 0 Å². The molecular formula is C9H15NO2. The highest BCUT2D eigenvalue weighted by molar-refractivity contribution is 5.19. The Morgan fingerprint density at radius 3 is 2.83 bits per heavy atom. The summed E-state index contributed by atoms with van der Waals surface area (Å²) in [5, 5.41) is 0. The fourth-order valence-electron chi connectivity index (χ4n) is 1.04. The summed E-state index contributed by atoms with van der Waals surface area (Å²) in [5.41, 5.74) is 6.52. The number of hydrogen-bond donors (Lipinski definition) is 1. The molecule has 0 spiro atoms. The van der Waals surface area contributed by atoms with Crippen molar-refractivity contribution in [3.05, 3.63) is 23.2 Å². The van der Waals surface area contributed by atoms with Crippen LogP contribution in [0.5, 0.6) is 0 Å². The molecule has 1 aromatic rings. The maximum Gasteiger partial charge on any atom is 0.118 e. The molecule has 12 heavy (non-hydrogen) atoms. The molecular weight excluding hydrogens is 154 g/mol. The lowest BCUT2D eigenvalue weighted by Gasteiger charge is -1.97. The highest BCUT2D eigenvalue weighted by Gasteiger charge is 2.05. The molecule has 0 saturated carbocycles. The number of nitrogens with two attached hydrogens (primary N) is 1. The molecule has 3 heteroatoms. The smallest absolute Gasteiger partial charge is 0.118 e. The predicted octanol–water partition coefficient (Wildman–Crippen LogP) is 1.58. The summed E-state index contributed by atoms with van der Waals surface area (Å²) in [7, 11) is 0. The second-order valence-corrected chi connectivity index (χ2v) is 2.64. The van der Waals surface area contributed by atoms with Crippen molar-refractivity contribution in [3.8, 4) is 0 Å². The average molecular weight is 169 g/mol. The molecule has 0 saturated heterocycles. The molecule has 0 fully saturated rings. The van der Waals surface area contributed by atoms with Gasteiger partial charge in [-0.05, 0) is 19.9 Å². The zero-order valence-electron chi connectivity index (χ0n) is 7.59. The number of furan rings is 1. The van der Waals surface area contributed by atoms with Crippen molar-refractivity contribution < 1.29 is 9.15 Å². The van der Waals surface area contributed by atoms with Gasteiger partial charge in [-0.2, -0.15) is 0 Å². The Morgan fingerprint density at radius 1 is 1.58 bits per heavy atom. The Kier molecular flexibility index (Phi) is 3.31. The number of rotatable bonds is 4. The van der Waals surface area contributed by atoms with E-state index in [1.165, 1.54) is 0 Å². The predicted molar refractivity (Wildman–Crippen MR) is 46.7 cm³/mol. The van der Waals surface area contributed by atoms with Crippen LogP contribution in [0.2, 0.25) is 0 Å². The molecule has 1 heterocycles. The van der Waals surface area contributed by atoms with Gasteiger partial charge in [-0.15, -0.1) is 0 Å². The lowest BCUT2D eigenvalue weighted by atomic mass is 10.2. The van der Waals surface area contributed by atoms with Gasteiger partial charge in [-0.25, -0.2) is 0 Å². The van der Waals surface area contributed by atoms with Gasteiger partial charge in [0.1, 0.15) is 11.5 Å². The largest absolute Gasteiger partial charge is 0.465 e. The van der Waals surface area contributed by atoms with Crippen molar-refractivity contribution in [3.63, 3.8) is 0 Å². The number of hydrogen-bond acceptors (Lipinski definition) is 3. The van der Waals surface area contributed by atoms with E-state index >= 15 is 0 Å². The van der Waals surface area contributed by atoms with Crippen LogP contribution in [0.3, 0.4) is 0 Å². The highest BCUT2D eigenvalue weighted by atomic mass is 16.5. The van der Waals surface area contributed by atoms with Gasteiger partial charge in [0.25, 0.3) is 0 Å². The molecule has 0 aliphatic heterocycles. The van der Waals surface area contributed by atoms with E-state index in [9.17, 15) is 0 Å². The second kappa shape index (κ2) is 4.28. The second-order valence-electron chi connectivity index (χ2n) is 2.64. The van der Waals surface area contributed by atoms with Crippen LogP contribution >= 0.6 is 0 Å². The Balaban J connectivity index is 2.64. The fraction of sp³-hybridized carbons (Fsp3) is 0.556. The van der Waals surface area contributed by atoms with Crippen molar-refractivity contribution >= 4 is 0 Å². The van der Waals surface area contributed by atoms with Crippen LogP contribution in [0.15, 0.2) is 10.5 Å². The first kappa shape index (κ1) is 9.29. The minimum Gasteiger partial charge on any atom is -0.465 e. The number of ether oxygens (including phenoxy) is 1. The highest BCUT2D eigenvalue weighted by Crippen LogP contribution is 2.14. The summed E-state index contributed by atoms with van der Waals surface area (Å²) in [6, 6.07) is 1.95. The summed E-state index contributed by atoms with van der Waals surface area (Å²) in [6.45, 7) is 5.69. The quantitative estimate of drug-likeness (QED) is 0.744. The minimum atomic E-state index is 0.451. The van der Waals surface area contributed by atoms with E-state index in [1.54, 1.807) is 0 Å². The lowest BCUT2D eigenvalue weighted by molar-refractivity contribution is 0.133. The molecule has 68 valence electrons. The Bertz CT molecular complexity index is 243. The van der Waals surface area contributed by atoms with Gasteiger partial charge in [0, 0.05) is 12.2 Å². The van der Waals surface area contributed by atoms with E-state index in [2.05, 4.69) is 0 Å². The SMILES string of the molecule is CCOCc1cc(CN)oc1C. The first-order valence-corrected chi connectivity index (χ1v) is 4.14. The monoisotopic (exact) mass is 169 g/mol. The molecule has 0 aliphatic carbocycles. The topological polar surface area (TPSA) is 48.4 Å². The molecule has 3 nitrogen and oxygen atoms in total. The van der Waals surface area contributed by atoms with Crippen molar-refractivity contribution in [2.45, 2.75) is 27.0 Å². The molecule has 0 aliphatic rings.